The third-order valence-corrected chi connectivity index (χ3v) is 3.92. The van der Waals surface area contributed by atoms with E-state index in [1.165, 1.54) is 0 Å². The topological polar surface area (TPSA) is 62.5 Å². The number of likely N-dealkylation sites (N-methyl/N-ethyl adjacent to an activating group) is 1. The molecule has 1 aliphatic heterocycles. The van der Waals surface area contributed by atoms with Crippen LogP contribution in [0.15, 0.2) is 4.52 Å². The largest absolute Gasteiger partial charge is 0.341 e. The molecule has 1 saturated heterocycles. The number of hydrogen-bond donors (Lipinski definition) is 0. The molecule has 21 heavy (non-hydrogen) atoms. The normalized spacial score (nSPS) is 20.5. The fourth-order valence-electron chi connectivity index (χ4n) is 2.78. The fourth-order valence-corrected chi connectivity index (χ4v) is 2.78. The van der Waals surface area contributed by atoms with Gasteiger partial charge in [0, 0.05) is 25.0 Å². The predicted molar refractivity (Wildman–Crippen MR) is 79.6 cm³/mol. The third-order valence-electron chi connectivity index (χ3n) is 3.92. The van der Waals surface area contributed by atoms with Crippen molar-refractivity contribution in [3.05, 3.63) is 11.7 Å². The van der Waals surface area contributed by atoms with Gasteiger partial charge in [0.2, 0.25) is 11.8 Å². The quantitative estimate of drug-likeness (QED) is 0.851. The summed E-state index contributed by atoms with van der Waals surface area (Å²) in [5.74, 6) is 1.51. The first-order chi connectivity index (χ1) is 9.77. The van der Waals surface area contributed by atoms with E-state index in [4.69, 9.17) is 4.52 Å². The zero-order chi connectivity index (χ0) is 15.6. The Kier molecular flexibility index (Phi) is 4.66. The molecule has 0 aliphatic carbocycles. The summed E-state index contributed by atoms with van der Waals surface area (Å²) >= 11 is 0. The maximum absolute atomic E-state index is 12.4. The van der Waals surface area contributed by atoms with Crippen LogP contribution in [0.3, 0.4) is 0 Å². The Morgan fingerprint density at radius 1 is 1.48 bits per heavy atom. The van der Waals surface area contributed by atoms with Gasteiger partial charge in [-0.3, -0.25) is 9.69 Å². The molecule has 0 saturated carbocycles. The standard InChI is InChI=1S/C15H26N4O2/c1-11-16-13(21-17-11)10-19-8-6-7-12(9-19)18(5)14(20)15(2,3)4/h12H,6-10H2,1-5H3. The molecule has 1 aliphatic rings. The molecule has 1 aromatic rings. The number of aromatic nitrogens is 2. The van der Waals surface area contributed by atoms with Gasteiger partial charge in [0.25, 0.3) is 0 Å². The summed E-state index contributed by atoms with van der Waals surface area (Å²) in [7, 11) is 1.92. The van der Waals surface area contributed by atoms with Crippen LogP contribution in [-0.4, -0.2) is 52.0 Å². The molecule has 1 aromatic heterocycles. The molecule has 0 bridgehead atoms. The Hall–Kier alpha value is -1.43. The summed E-state index contributed by atoms with van der Waals surface area (Å²) in [6.07, 6.45) is 2.14. The van der Waals surface area contributed by atoms with Crippen LogP contribution in [0.25, 0.3) is 0 Å². The molecule has 6 nitrogen and oxygen atoms in total. The van der Waals surface area contributed by atoms with Gasteiger partial charge in [-0.25, -0.2) is 0 Å². The van der Waals surface area contributed by atoms with Crippen LogP contribution in [0.4, 0.5) is 0 Å². The van der Waals surface area contributed by atoms with Gasteiger partial charge in [0.15, 0.2) is 5.82 Å². The number of amides is 1. The van der Waals surface area contributed by atoms with Crippen molar-refractivity contribution in [2.45, 2.75) is 53.1 Å². The van der Waals surface area contributed by atoms with Crippen molar-refractivity contribution in [3.8, 4) is 0 Å². The highest BCUT2D eigenvalue weighted by Gasteiger charge is 2.32. The molecule has 0 aromatic carbocycles. The van der Waals surface area contributed by atoms with Crippen LogP contribution in [0.1, 0.15) is 45.3 Å². The summed E-state index contributed by atoms with van der Waals surface area (Å²) in [5, 5.41) is 3.82. The molecule has 1 amide bonds. The van der Waals surface area contributed by atoms with Gasteiger partial charge in [-0.2, -0.15) is 4.98 Å². The number of carbonyl (C=O) groups is 1. The first kappa shape index (κ1) is 15.9. The van der Waals surface area contributed by atoms with Crippen LogP contribution >= 0.6 is 0 Å². The maximum atomic E-state index is 12.4. The highest BCUT2D eigenvalue weighted by atomic mass is 16.5. The Morgan fingerprint density at radius 3 is 2.76 bits per heavy atom. The number of aryl methyl sites for hydroxylation is 1. The van der Waals surface area contributed by atoms with Gasteiger partial charge in [0.1, 0.15) is 0 Å². The first-order valence-corrected chi connectivity index (χ1v) is 7.56. The minimum Gasteiger partial charge on any atom is -0.341 e. The highest BCUT2D eigenvalue weighted by molar-refractivity contribution is 5.81. The van der Waals surface area contributed by atoms with E-state index in [0.29, 0.717) is 18.3 Å². The van der Waals surface area contributed by atoms with Crippen molar-refractivity contribution in [2.75, 3.05) is 20.1 Å². The lowest BCUT2D eigenvalue weighted by Crippen LogP contribution is -2.50. The average Bonchev–Trinajstić information content (AvgIpc) is 2.81. The van der Waals surface area contributed by atoms with Gasteiger partial charge < -0.3 is 9.42 Å². The Balaban J connectivity index is 1.95. The number of rotatable bonds is 3. The van der Waals surface area contributed by atoms with E-state index in [1.54, 1.807) is 0 Å². The molecule has 0 spiro atoms. The molecule has 0 radical (unpaired) electrons. The Bertz CT molecular complexity index is 492. The number of carbonyl (C=O) groups excluding carboxylic acids is 1. The number of hydrogen-bond acceptors (Lipinski definition) is 5. The molecular weight excluding hydrogens is 268 g/mol. The molecule has 0 N–H and O–H groups in total. The van der Waals surface area contributed by atoms with Crippen molar-refractivity contribution in [1.82, 2.24) is 19.9 Å². The van der Waals surface area contributed by atoms with Crippen molar-refractivity contribution < 1.29 is 9.32 Å². The van der Waals surface area contributed by atoms with E-state index in [9.17, 15) is 4.79 Å². The second-order valence-electron chi connectivity index (χ2n) is 6.93. The van der Waals surface area contributed by atoms with Crippen LogP contribution in [0, 0.1) is 12.3 Å². The summed E-state index contributed by atoms with van der Waals surface area (Å²) in [5.41, 5.74) is -0.333. The highest BCUT2D eigenvalue weighted by Crippen LogP contribution is 2.22. The van der Waals surface area contributed by atoms with Gasteiger partial charge in [0.05, 0.1) is 6.54 Å². The van der Waals surface area contributed by atoms with E-state index in [0.717, 1.165) is 25.9 Å². The van der Waals surface area contributed by atoms with Crippen LogP contribution in [0.2, 0.25) is 0 Å². The summed E-state index contributed by atoms with van der Waals surface area (Å²) < 4.78 is 5.18. The SMILES string of the molecule is Cc1noc(CN2CCCC(N(C)C(=O)C(C)(C)C)C2)n1. The van der Waals surface area contributed by atoms with Crippen LogP contribution < -0.4 is 0 Å². The average molecular weight is 294 g/mol. The molecule has 6 heteroatoms. The lowest BCUT2D eigenvalue weighted by atomic mass is 9.93. The van der Waals surface area contributed by atoms with E-state index >= 15 is 0 Å². The summed E-state index contributed by atoms with van der Waals surface area (Å²) in [6.45, 7) is 10.3. The molecule has 1 atom stereocenters. The second-order valence-corrected chi connectivity index (χ2v) is 6.93. The van der Waals surface area contributed by atoms with Crippen molar-refractivity contribution in [2.24, 2.45) is 5.41 Å². The molecule has 1 unspecified atom stereocenters. The predicted octanol–water partition coefficient (Wildman–Crippen LogP) is 1.85. The van der Waals surface area contributed by atoms with E-state index < -0.39 is 0 Å². The first-order valence-electron chi connectivity index (χ1n) is 7.56. The van der Waals surface area contributed by atoms with Gasteiger partial charge in [-0.15, -0.1) is 0 Å². The fraction of sp³-hybridized carbons (Fsp3) is 0.800. The molecular formula is C15H26N4O2. The Labute approximate surface area is 126 Å². The smallest absolute Gasteiger partial charge is 0.240 e. The van der Waals surface area contributed by atoms with Gasteiger partial charge >= 0.3 is 0 Å². The second kappa shape index (κ2) is 6.13. The van der Waals surface area contributed by atoms with E-state index in [-0.39, 0.29) is 17.4 Å². The van der Waals surface area contributed by atoms with Crippen LogP contribution in [0.5, 0.6) is 0 Å². The lowest BCUT2D eigenvalue weighted by molar-refractivity contribution is -0.141. The number of likely N-dealkylation sites (tertiary alicyclic amines) is 1. The zero-order valence-electron chi connectivity index (χ0n) is 13.7. The summed E-state index contributed by atoms with van der Waals surface area (Å²) in [6, 6.07) is 0.259. The Morgan fingerprint density at radius 2 is 2.19 bits per heavy atom. The molecule has 2 heterocycles. The molecule has 1 fully saturated rings. The lowest BCUT2D eigenvalue weighted by Gasteiger charge is -2.39. The van der Waals surface area contributed by atoms with E-state index in [1.807, 2.05) is 39.6 Å². The van der Waals surface area contributed by atoms with Gasteiger partial charge in [-0.1, -0.05) is 25.9 Å². The van der Waals surface area contributed by atoms with Crippen molar-refractivity contribution in [3.63, 3.8) is 0 Å². The minimum atomic E-state index is -0.333. The number of piperidine rings is 1. The van der Waals surface area contributed by atoms with Crippen molar-refractivity contribution >= 4 is 5.91 Å². The maximum Gasteiger partial charge on any atom is 0.240 e. The summed E-state index contributed by atoms with van der Waals surface area (Å²) in [4.78, 5) is 20.8. The number of nitrogens with zero attached hydrogens (tertiary/aromatic N) is 4. The minimum absolute atomic E-state index is 0.197. The van der Waals surface area contributed by atoms with Crippen molar-refractivity contribution in [1.29, 1.82) is 0 Å². The third kappa shape index (κ3) is 4.03. The monoisotopic (exact) mass is 294 g/mol. The van der Waals surface area contributed by atoms with Crippen LogP contribution in [-0.2, 0) is 11.3 Å². The molecule has 118 valence electrons. The van der Waals surface area contributed by atoms with E-state index in [2.05, 4.69) is 15.0 Å². The van der Waals surface area contributed by atoms with Gasteiger partial charge in [-0.05, 0) is 26.3 Å². The zero-order valence-corrected chi connectivity index (χ0v) is 13.7. The molecule has 2 rings (SSSR count).